The van der Waals surface area contributed by atoms with Gasteiger partial charge in [-0.2, -0.15) is 0 Å². The maximum absolute atomic E-state index is 13.5. The summed E-state index contributed by atoms with van der Waals surface area (Å²) in [7, 11) is -0.779. The van der Waals surface area contributed by atoms with E-state index in [1.807, 2.05) is 40.8 Å². The summed E-state index contributed by atoms with van der Waals surface area (Å²) in [6.07, 6.45) is 2.35. The van der Waals surface area contributed by atoms with E-state index in [1.54, 1.807) is 6.20 Å². The van der Waals surface area contributed by atoms with Crippen molar-refractivity contribution in [3.05, 3.63) is 28.7 Å². The van der Waals surface area contributed by atoms with Gasteiger partial charge in [0.25, 0.3) is 0 Å². The Bertz CT molecular complexity index is 730. The van der Waals surface area contributed by atoms with Crippen LogP contribution in [0.15, 0.2) is 12.3 Å². The van der Waals surface area contributed by atoms with E-state index in [2.05, 4.69) is 30.7 Å². The Balaban J connectivity index is 2.29. The Kier molecular flexibility index (Phi) is 6.93. The van der Waals surface area contributed by atoms with Crippen LogP contribution in [-0.4, -0.2) is 41.3 Å². The first-order valence-electron chi connectivity index (χ1n) is 8.45. The van der Waals surface area contributed by atoms with E-state index in [0.717, 1.165) is 21.4 Å². The number of hydrogen-bond acceptors (Lipinski definition) is 7. The van der Waals surface area contributed by atoms with Gasteiger partial charge in [-0.05, 0) is 26.5 Å². The van der Waals surface area contributed by atoms with Crippen LogP contribution in [0.25, 0.3) is 0 Å². The topological polar surface area (TPSA) is 91.8 Å². The molecule has 2 atom stereocenters. The first-order chi connectivity index (χ1) is 11.9. The van der Waals surface area contributed by atoms with Crippen LogP contribution in [0.2, 0.25) is 0 Å². The first kappa shape index (κ1) is 19.8. The highest BCUT2D eigenvalue weighted by molar-refractivity contribution is 7.62. The van der Waals surface area contributed by atoms with Gasteiger partial charge in [0, 0.05) is 31.1 Å². The molecule has 0 saturated carbocycles. The highest BCUT2D eigenvalue weighted by Gasteiger charge is 2.34. The molecule has 138 valence electrons. The molecule has 2 heterocycles. The van der Waals surface area contributed by atoms with E-state index >= 15 is 0 Å². The molecule has 0 bridgehead atoms. The maximum Gasteiger partial charge on any atom is 0.223 e. The molecule has 0 aliphatic rings. The van der Waals surface area contributed by atoms with Crippen LogP contribution >= 0.6 is 18.6 Å². The maximum atomic E-state index is 13.5. The van der Waals surface area contributed by atoms with E-state index in [4.69, 9.17) is 0 Å². The van der Waals surface area contributed by atoms with Crippen LogP contribution in [0.1, 0.15) is 35.9 Å². The molecule has 0 aromatic carbocycles. The lowest BCUT2D eigenvalue weighted by Crippen LogP contribution is -2.23. The second kappa shape index (κ2) is 8.74. The summed E-state index contributed by atoms with van der Waals surface area (Å²) in [5.74, 6) is 0.562. The van der Waals surface area contributed by atoms with Crippen molar-refractivity contribution in [2.75, 3.05) is 36.9 Å². The van der Waals surface area contributed by atoms with E-state index in [9.17, 15) is 4.57 Å². The first-order valence-corrected chi connectivity index (χ1v) is 11.2. The van der Waals surface area contributed by atoms with Crippen molar-refractivity contribution in [2.24, 2.45) is 0 Å². The Labute approximate surface area is 153 Å². The van der Waals surface area contributed by atoms with E-state index in [0.29, 0.717) is 25.2 Å². The summed E-state index contributed by atoms with van der Waals surface area (Å²) in [6.45, 7) is 8.93. The molecule has 2 unspecified atom stereocenters. The number of nitrogens with zero attached hydrogens (tertiary/aromatic N) is 3. The van der Waals surface area contributed by atoms with Crippen LogP contribution < -0.4 is 15.7 Å². The molecule has 2 rings (SSSR count). The van der Waals surface area contributed by atoms with Gasteiger partial charge in [0.15, 0.2) is 7.29 Å². The lowest BCUT2D eigenvalue weighted by atomic mass is 10.3. The van der Waals surface area contributed by atoms with Crippen molar-refractivity contribution in [2.45, 2.75) is 33.4 Å². The SMILES string of the molecule is CCNP(=O)(CC)C(CNc1nc(C)cc(C)n1)c1ncc(NC)s1. The van der Waals surface area contributed by atoms with Gasteiger partial charge >= 0.3 is 0 Å². The molecule has 7 nitrogen and oxygen atoms in total. The van der Waals surface area contributed by atoms with Crippen LogP contribution in [0.4, 0.5) is 10.9 Å². The van der Waals surface area contributed by atoms with Crippen molar-refractivity contribution < 1.29 is 4.57 Å². The van der Waals surface area contributed by atoms with Crippen molar-refractivity contribution in [3.8, 4) is 0 Å². The third-order valence-electron chi connectivity index (χ3n) is 3.89. The lowest BCUT2D eigenvalue weighted by Gasteiger charge is -2.26. The van der Waals surface area contributed by atoms with Gasteiger partial charge in [-0.1, -0.05) is 13.8 Å². The van der Waals surface area contributed by atoms with Gasteiger partial charge in [0.1, 0.15) is 10.0 Å². The van der Waals surface area contributed by atoms with Gasteiger partial charge in [-0.15, -0.1) is 11.3 Å². The predicted octanol–water partition coefficient (Wildman–Crippen LogP) is 3.65. The van der Waals surface area contributed by atoms with Crippen LogP contribution in [0.5, 0.6) is 0 Å². The van der Waals surface area contributed by atoms with E-state index in [1.165, 1.54) is 11.3 Å². The molecule has 0 amide bonds. The van der Waals surface area contributed by atoms with Crippen molar-refractivity contribution in [1.82, 2.24) is 20.0 Å². The molecule has 9 heteroatoms. The minimum Gasteiger partial charge on any atom is -0.379 e. The highest BCUT2D eigenvalue weighted by Crippen LogP contribution is 2.56. The van der Waals surface area contributed by atoms with E-state index < -0.39 is 7.29 Å². The fraction of sp³-hybridized carbons (Fsp3) is 0.562. The molecule has 0 spiro atoms. The number of anilines is 2. The fourth-order valence-electron chi connectivity index (χ4n) is 2.67. The molecule has 25 heavy (non-hydrogen) atoms. The van der Waals surface area contributed by atoms with Gasteiger partial charge in [0.2, 0.25) is 5.95 Å². The molecule has 0 aliphatic heterocycles. The van der Waals surface area contributed by atoms with Gasteiger partial charge < -0.3 is 15.2 Å². The zero-order valence-corrected chi connectivity index (χ0v) is 17.2. The summed E-state index contributed by atoms with van der Waals surface area (Å²) >= 11 is 1.54. The van der Waals surface area contributed by atoms with Gasteiger partial charge in [0.05, 0.1) is 11.9 Å². The Morgan fingerprint density at radius 1 is 1.24 bits per heavy atom. The minimum atomic E-state index is -2.64. The molecule has 3 N–H and O–H groups in total. The highest BCUT2D eigenvalue weighted by atomic mass is 32.1. The number of thiazole rings is 1. The monoisotopic (exact) mass is 382 g/mol. The summed E-state index contributed by atoms with van der Waals surface area (Å²) in [4.78, 5) is 13.3. The number of nitrogens with one attached hydrogen (secondary N) is 3. The van der Waals surface area contributed by atoms with Crippen molar-refractivity contribution in [3.63, 3.8) is 0 Å². The Morgan fingerprint density at radius 3 is 2.44 bits per heavy atom. The lowest BCUT2D eigenvalue weighted by molar-refractivity contribution is 0.556. The van der Waals surface area contributed by atoms with Crippen molar-refractivity contribution >= 4 is 29.6 Å². The van der Waals surface area contributed by atoms with E-state index in [-0.39, 0.29) is 5.66 Å². The molecule has 0 radical (unpaired) electrons. The quantitative estimate of drug-likeness (QED) is 0.570. The van der Waals surface area contributed by atoms with Crippen LogP contribution in [0, 0.1) is 13.8 Å². The third kappa shape index (κ3) is 5.00. The average molecular weight is 382 g/mol. The number of hydrogen-bond donors (Lipinski definition) is 3. The Hall–Kier alpha value is -1.50. The molecule has 0 fully saturated rings. The largest absolute Gasteiger partial charge is 0.379 e. The second-order valence-electron chi connectivity index (χ2n) is 5.81. The molecule has 0 saturated heterocycles. The molecule has 2 aromatic heterocycles. The summed E-state index contributed by atoms with van der Waals surface area (Å²) < 4.78 is 13.5. The zero-order chi connectivity index (χ0) is 18.4. The Morgan fingerprint density at radius 2 is 1.92 bits per heavy atom. The molecular formula is C16H27N6OPS. The minimum absolute atomic E-state index is 0.228. The number of aryl methyl sites for hydroxylation is 2. The standard InChI is InChI=1S/C16H27N6OPS/c1-6-20-24(23,7-2)13(15-18-10-14(17-5)25-15)9-19-16-21-11(3)8-12(4)22-16/h8,10,13,17H,6-7,9H2,1-5H3,(H,20,23)(H,19,21,22). The van der Waals surface area contributed by atoms with Crippen LogP contribution in [-0.2, 0) is 4.57 Å². The number of aromatic nitrogens is 3. The fourth-order valence-corrected chi connectivity index (χ4v) is 6.33. The molecular weight excluding hydrogens is 355 g/mol. The van der Waals surface area contributed by atoms with Crippen molar-refractivity contribution in [1.29, 1.82) is 0 Å². The second-order valence-corrected chi connectivity index (χ2v) is 10.0. The smallest absolute Gasteiger partial charge is 0.223 e. The third-order valence-corrected chi connectivity index (χ3v) is 8.42. The normalized spacial score (nSPS) is 14.8. The summed E-state index contributed by atoms with van der Waals surface area (Å²) in [5, 5.41) is 11.4. The average Bonchev–Trinajstić information content (AvgIpc) is 3.03. The summed E-state index contributed by atoms with van der Waals surface area (Å²) in [5.41, 5.74) is 1.58. The van der Waals surface area contributed by atoms with Crippen LogP contribution in [0.3, 0.4) is 0 Å². The summed E-state index contributed by atoms with van der Waals surface area (Å²) in [6, 6.07) is 1.93. The zero-order valence-electron chi connectivity index (χ0n) is 15.5. The molecule has 2 aromatic rings. The molecule has 0 aliphatic carbocycles. The predicted molar refractivity (Wildman–Crippen MR) is 106 cm³/mol. The van der Waals surface area contributed by atoms with Gasteiger partial charge in [-0.3, -0.25) is 5.09 Å². The number of rotatable bonds is 9. The van der Waals surface area contributed by atoms with Gasteiger partial charge in [-0.25, -0.2) is 15.0 Å².